The number of nitrogens with zero attached hydrogens (tertiary/aromatic N) is 3. The number of ether oxygens (including phenoxy) is 2. The van der Waals surface area contributed by atoms with Gasteiger partial charge in [0.25, 0.3) is 0 Å². The summed E-state index contributed by atoms with van der Waals surface area (Å²) in [4.78, 5) is 58.1. The fourth-order valence-electron chi connectivity index (χ4n) is 4.96. The summed E-state index contributed by atoms with van der Waals surface area (Å²) < 4.78 is 10.4. The van der Waals surface area contributed by atoms with Crippen molar-refractivity contribution in [3.8, 4) is 5.75 Å². The number of nitrogens with one attached hydrogen (secondary N) is 1. The van der Waals surface area contributed by atoms with Crippen molar-refractivity contribution in [1.82, 2.24) is 9.80 Å². The van der Waals surface area contributed by atoms with Crippen LogP contribution in [0.4, 0.5) is 21.0 Å². The van der Waals surface area contributed by atoms with Gasteiger partial charge in [-0.2, -0.15) is 0 Å². The number of carbonyl (C=O) groups excluding carboxylic acids is 4. The molecule has 10 nitrogen and oxygen atoms in total. The summed E-state index contributed by atoms with van der Waals surface area (Å²) in [5.74, 6) is -0.738. The number of hydrogen-bond donors (Lipinski definition) is 1. The highest BCUT2D eigenvalue weighted by Crippen LogP contribution is 2.50. The Morgan fingerprint density at radius 2 is 1.89 bits per heavy atom. The van der Waals surface area contributed by atoms with Gasteiger partial charge in [0.05, 0.1) is 37.2 Å². The molecule has 0 aliphatic carbocycles. The van der Waals surface area contributed by atoms with Crippen molar-refractivity contribution in [1.29, 1.82) is 0 Å². The van der Waals surface area contributed by atoms with Gasteiger partial charge in [0.15, 0.2) is 0 Å². The number of para-hydroxylation sites is 1. The third-order valence-corrected chi connectivity index (χ3v) is 8.15. The van der Waals surface area contributed by atoms with E-state index in [1.54, 1.807) is 60.4 Å². The van der Waals surface area contributed by atoms with Crippen LogP contribution >= 0.6 is 11.8 Å². The van der Waals surface area contributed by atoms with Crippen LogP contribution in [0.15, 0.2) is 65.1 Å². The topological polar surface area (TPSA) is 108 Å². The molecular formula is C27H28N4O6S. The lowest BCUT2D eigenvalue weighted by Gasteiger charge is -2.42. The Bertz CT molecular complexity index is 1300. The minimum Gasteiger partial charge on any atom is -0.497 e. The minimum atomic E-state index is -0.609. The smallest absolute Gasteiger partial charge is 0.410 e. The van der Waals surface area contributed by atoms with E-state index >= 15 is 0 Å². The molecule has 1 fully saturated rings. The van der Waals surface area contributed by atoms with E-state index in [0.717, 1.165) is 15.4 Å². The molecule has 0 radical (unpaired) electrons. The first-order valence-electron chi connectivity index (χ1n) is 12.3. The van der Waals surface area contributed by atoms with Crippen LogP contribution in [0.1, 0.15) is 13.3 Å². The molecule has 38 heavy (non-hydrogen) atoms. The molecule has 1 N–H and O–H groups in total. The van der Waals surface area contributed by atoms with Gasteiger partial charge in [0, 0.05) is 23.2 Å². The van der Waals surface area contributed by atoms with E-state index in [1.165, 1.54) is 23.8 Å². The van der Waals surface area contributed by atoms with Gasteiger partial charge in [-0.1, -0.05) is 24.3 Å². The van der Waals surface area contributed by atoms with E-state index in [-0.39, 0.29) is 19.1 Å². The van der Waals surface area contributed by atoms with Gasteiger partial charge in [-0.25, -0.2) is 14.5 Å². The van der Waals surface area contributed by atoms with E-state index in [0.29, 0.717) is 36.6 Å². The maximum absolute atomic E-state index is 13.8. The fourth-order valence-corrected chi connectivity index (χ4v) is 6.57. The summed E-state index contributed by atoms with van der Waals surface area (Å²) in [5.41, 5.74) is 1.90. The Hall–Kier alpha value is -3.99. The van der Waals surface area contributed by atoms with Crippen LogP contribution in [0.25, 0.3) is 0 Å². The van der Waals surface area contributed by atoms with Crippen molar-refractivity contribution in [2.75, 3.05) is 43.6 Å². The predicted octanol–water partition coefficient (Wildman–Crippen LogP) is 3.91. The molecule has 3 heterocycles. The van der Waals surface area contributed by atoms with Crippen LogP contribution in [0.5, 0.6) is 5.75 Å². The van der Waals surface area contributed by atoms with E-state index in [2.05, 4.69) is 5.32 Å². The van der Waals surface area contributed by atoms with Gasteiger partial charge < -0.3 is 24.6 Å². The monoisotopic (exact) mass is 536 g/mol. The lowest BCUT2D eigenvalue weighted by Crippen LogP contribution is -2.61. The number of urea groups is 1. The Morgan fingerprint density at radius 1 is 1.11 bits per heavy atom. The van der Waals surface area contributed by atoms with Gasteiger partial charge >= 0.3 is 12.1 Å². The molecule has 2 unspecified atom stereocenters. The van der Waals surface area contributed by atoms with Crippen molar-refractivity contribution < 1.29 is 28.7 Å². The zero-order valence-corrected chi connectivity index (χ0v) is 21.9. The second-order valence-electron chi connectivity index (χ2n) is 9.00. The van der Waals surface area contributed by atoms with E-state index < -0.39 is 29.3 Å². The largest absolute Gasteiger partial charge is 0.497 e. The fraction of sp³-hybridized carbons (Fsp3) is 0.333. The minimum absolute atomic E-state index is 0.247. The number of carbonyl (C=O) groups is 4. The highest BCUT2D eigenvalue weighted by atomic mass is 32.2. The Balaban J connectivity index is 1.43. The SMILES string of the molecule is CCOC(=O)N1CCC2=C(C1)SC1C2C(=O)N(c2ccccc2)C(=O)N1CC(=O)Nc1cccc(OC)c1. The van der Waals surface area contributed by atoms with E-state index in [4.69, 9.17) is 9.47 Å². The lowest BCUT2D eigenvalue weighted by atomic mass is 9.90. The summed E-state index contributed by atoms with van der Waals surface area (Å²) in [7, 11) is 1.54. The van der Waals surface area contributed by atoms with Gasteiger partial charge in [-0.3, -0.25) is 9.59 Å². The zero-order chi connectivity index (χ0) is 26.8. The molecule has 0 saturated carbocycles. The van der Waals surface area contributed by atoms with E-state index in [9.17, 15) is 19.2 Å². The van der Waals surface area contributed by atoms with Crippen molar-refractivity contribution in [3.63, 3.8) is 0 Å². The molecule has 2 aromatic rings. The van der Waals surface area contributed by atoms with E-state index in [1.807, 2.05) is 6.07 Å². The quantitative estimate of drug-likeness (QED) is 0.596. The lowest BCUT2D eigenvalue weighted by molar-refractivity contribution is -0.124. The molecule has 0 spiro atoms. The highest BCUT2D eigenvalue weighted by Gasteiger charge is 2.54. The molecule has 3 aliphatic heterocycles. The average Bonchev–Trinajstić information content (AvgIpc) is 3.31. The summed E-state index contributed by atoms with van der Waals surface area (Å²) in [5, 5.41) is 2.24. The average molecular weight is 537 g/mol. The first-order chi connectivity index (χ1) is 18.4. The molecule has 198 valence electrons. The zero-order valence-electron chi connectivity index (χ0n) is 21.1. The molecule has 1 saturated heterocycles. The first-order valence-corrected chi connectivity index (χ1v) is 13.2. The van der Waals surface area contributed by atoms with Crippen molar-refractivity contribution >= 4 is 47.1 Å². The number of fused-ring (bicyclic) bond motifs is 2. The molecule has 2 aromatic carbocycles. The standard InChI is InChI=1S/C27H28N4O6S/c1-3-37-27(35)29-13-12-20-21(15-29)38-25-23(20)24(33)31(18-9-5-4-6-10-18)26(34)30(25)16-22(32)28-17-8-7-11-19(14-17)36-2/h4-11,14,23,25H,3,12-13,15-16H2,1-2H3,(H,28,32). The number of amides is 5. The highest BCUT2D eigenvalue weighted by molar-refractivity contribution is 8.04. The van der Waals surface area contributed by atoms with Crippen LogP contribution < -0.4 is 15.0 Å². The normalized spacial score (nSPS) is 20.7. The summed E-state index contributed by atoms with van der Waals surface area (Å²) in [6.45, 7) is 2.51. The second-order valence-corrected chi connectivity index (χ2v) is 10.2. The van der Waals surface area contributed by atoms with Gasteiger partial charge in [0.2, 0.25) is 11.8 Å². The maximum atomic E-state index is 13.8. The molecule has 3 aliphatic rings. The molecule has 2 atom stereocenters. The molecule has 5 rings (SSSR count). The van der Waals surface area contributed by atoms with Crippen LogP contribution in [0, 0.1) is 5.92 Å². The Kier molecular flexibility index (Phi) is 7.28. The van der Waals surface area contributed by atoms with Gasteiger partial charge in [-0.05, 0) is 43.2 Å². The summed E-state index contributed by atoms with van der Waals surface area (Å²) in [6, 6.07) is 15.1. The number of rotatable bonds is 6. The Morgan fingerprint density at radius 3 is 2.63 bits per heavy atom. The number of anilines is 2. The third-order valence-electron chi connectivity index (χ3n) is 6.71. The first kappa shape index (κ1) is 25.7. The van der Waals surface area contributed by atoms with Crippen molar-refractivity contribution in [2.45, 2.75) is 18.7 Å². The molecule has 11 heteroatoms. The second kappa shape index (κ2) is 10.8. The van der Waals surface area contributed by atoms with Crippen LogP contribution in [0.2, 0.25) is 0 Å². The molecule has 0 aromatic heterocycles. The maximum Gasteiger partial charge on any atom is 0.410 e. The summed E-state index contributed by atoms with van der Waals surface area (Å²) in [6.07, 6.45) is 0.0895. The van der Waals surface area contributed by atoms with Gasteiger partial charge in [-0.15, -0.1) is 11.8 Å². The Labute approximate surface area is 224 Å². The number of benzene rings is 2. The number of thioether (sulfide) groups is 1. The molecular weight excluding hydrogens is 508 g/mol. The number of hydrogen-bond acceptors (Lipinski definition) is 7. The number of imide groups is 1. The third kappa shape index (κ3) is 4.81. The molecule has 0 bridgehead atoms. The van der Waals surface area contributed by atoms with Crippen molar-refractivity contribution in [3.05, 3.63) is 65.1 Å². The van der Waals surface area contributed by atoms with Crippen LogP contribution in [-0.4, -0.2) is 72.5 Å². The van der Waals surface area contributed by atoms with Crippen LogP contribution in [-0.2, 0) is 14.3 Å². The number of methoxy groups -OCH3 is 1. The van der Waals surface area contributed by atoms with Gasteiger partial charge in [0.1, 0.15) is 12.3 Å². The summed E-state index contributed by atoms with van der Waals surface area (Å²) >= 11 is 1.37. The predicted molar refractivity (Wildman–Crippen MR) is 143 cm³/mol. The van der Waals surface area contributed by atoms with Crippen molar-refractivity contribution in [2.24, 2.45) is 5.92 Å². The molecule has 5 amide bonds. The van der Waals surface area contributed by atoms with Crippen LogP contribution in [0.3, 0.4) is 0 Å².